The highest BCUT2D eigenvalue weighted by molar-refractivity contribution is 5.99. The van der Waals surface area contributed by atoms with Crippen LogP contribution >= 0.6 is 0 Å². The average Bonchev–Trinajstić information content (AvgIpc) is 3.13. The molecule has 4 nitrogen and oxygen atoms in total. The second-order valence-electron chi connectivity index (χ2n) is 8.37. The van der Waals surface area contributed by atoms with Crippen LogP contribution in [0.25, 0.3) is 0 Å². The third kappa shape index (κ3) is 3.75. The number of hydrogen-bond donors (Lipinski definition) is 3. The predicted octanol–water partition coefficient (Wildman–Crippen LogP) is 5.20. The Morgan fingerprint density at radius 1 is 1.16 bits per heavy atom. The van der Waals surface area contributed by atoms with E-state index in [2.05, 4.69) is 16.0 Å². The zero-order chi connectivity index (χ0) is 23.4. The molecule has 3 N–H and O–H groups in total. The van der Waals surface area contributed by atoms with Crippen LogP contribution in [0, 0.1) is 17.5 Å². The van der Waals surface area contributed by atoms with Crippen LogP contribution < -0.4 is 16.0 Å². The van der Waals surface area contributed by atoms with E-state index < -0.39 is 46.6 Å². The van der Waals surface area contributed by atoms with Crippen LogP contribution in [0.3, 0.4) is 0 Å². The summed E-state index contributed by atoms with van der Waals surface area (Å²) in [5, 5.41) is 8.41. The highest BCUT2D eigenvalue weighted by Gasteiger charge is 2.40. The quantitative estimate of drug-likeness (QED) is 0.439. The molecule has 0 radical (unpaired) electrons. The van der Waals surface area contributed by atoms with Gasteiger partial charge < -0.3 is 16.0 Å². The molecule has 0 aromatic heterocycles. The summed E-state index contributed by atoms with van der Waals surface area (Å²) < 4.78 is 82.3. The number of anilines is 2. The normalized spacial score (nSPS) is 19.8. The molecule has 2 aromatic rings. The molecule has 0 saturated carbocycles. The summed E-state index contributed by atoms with van der Waals surface area (Å²) in [4.78, 5) is 12.6. The Kier molecular flexibility index (Phi) is 5.50. The summed E-state index contributed by atoms with van der Waals surface area (Å²) in [6.45, 7) is 3.52. The molecule has 2 aliphatic heterocycles. The van der Waals surface area contributed by atoms with Gasteiger partial charge >= 0.3 is 6.18 Å². The van der Waals surface area contributed by atoms with E-state index in [1.54, 1.807) is 13.8 Å². The number of halogens is 6. The van der Waals surface area contributed by atoms with Crippen LogP contribution in [0.5, 0.6) is 0 Å². The summed E-state index contributed by atoms with van der Waals surface area (Å²) in [5.41, 5.74) is -0.657. The molecule has 2 unspecified atom stereocenters. The van der Waals surface area contributed by atoms with Gasteiger partial charge in [-0.2, -0.15) is 13.2 Å². The van der Waals surface area contributed by atoms with Gasteiger partial charge in [0.15, 0.2) is 17.5 Å². The molecule has 0 bridgehead atoms. The SMILES string of the molecule is CC(C)NC(=O)c1c(C(F)(F)F)ccc2c1CCC(C1CNc3c1cc(F)c(F)c3F)N2. The highest BCUT2D eigenvalue weighted by Crippen LogP contribution is 2.43. The van der Waals surface area contributed by atoms with Crippen molar-refractivity contribution in [1.29, 1.82) is 0 Å². The van der Waals surface area contributed by atoms with Gasteiger partial charge in [0.05, 0.1) is 16.8 Å². The van der Waals surface area contributed by atoms with E-state index in [1.807, 2.05) is 0 Å². The first-order valence-corrected chi connectivity index (χ1v) is 10.2. The molecule has 2 heterocycles. The number of rotatable bonds is 3. The average molecular weight is 457 g/mol. The zero-order valence-electron chi connectivity index (χ0n) is 17.3. The first-order valence-electron chi connectivity index (χ1n) is 10.2. The van der Waals surface area contributed by atoms with E-state index in [0.29, 0.717) is 12.1 Å². The van der Waals surface area contributed by atoms with Crippen molar-refractivity contribution in [3.63, 3.8) is 0 Å². The van der Waals surface area contributed by atoms with Crippen molar-refractivity contribution in [3.8, 4) is 0 Å². The first-order chi connectivity index (χ1) is 15.0. The lowest BCUT2D eigenvalue weighted by atomic mass is 9.83. The topological polar surface area (TPSA) is 53.2 Å². The first kappa shape index (κ1) is 22.3. The Labute approximate surface area is 180 Å². The minimum Gasteiger partial charge on any atom is -0.382 e. The molecule has 0 aliphatic carbocycles. The second-order valence-corrected chi connectivity index (χ2v) is 8.37. The van der Waals surface area contributed by atoms with Gasteiger partial charge in [-0.25, -0.2) is 13.2 Å². The van der Waals surface area contributed by atoms with Gasteiger partial charge in [-0.05, 0) is 56.0 Å². The van der Waals surface area contributed by atoms with Crippen LogP contribution in [0.15, 0.2) is 18.2 Å². The maximum Gasteiger partial charge on any atom is 0.417 e. The molecule has 2 atom stereocenters. The fourth-order valence-electron chi connectivity index (χ4n) is 4.51. The highest BCUT2D eigenvalue weighted by atomic mass is 19.4. The molecule has 2 aliphatic rings. The fraction of sp³-hybridized carbons (Fsp3) is 0.409. The Morgan fingerprint density at radius 2 is 1.88 bits per heavy atom. The summed E-state index contributed by atoms with van der Waals surface area (Å²) in [5.74, 6) is -5.39. The van der Waals surface area contributed by atoms with Gasteiger partial charge in [0.2, 0.25) is 0 Å². The molecular weight excluding hydrogens is 436 g/mol. The van der Waals surface area contributed by atoms with Crippen molar-refractivity contribution >= 4 is 17.3 Å². The van der Waals surface area contributed by atoms with Crippen LogP contribution in [0.1, 0.15) is 53.2 Å². The standard InChI is InChI=1S/C22H21F6N3O/c1-9(2)30-21(32)17-10-3-5-16(31-15(10)6-4-13(17)22(26,27)28)12-8-29-20-11(12)7-14(23)18(24)19(20)25/h4,6-7,9,12,16,29,31H,3,5,8H2,1-2H3,(H,30,32). The molecule has 172 valence electrons. The third-order valence-electron chi connectivity index (χ3n) is 5.89. The van der Waals surface area contributed by atoms with Crippen molar-refractivity contribution in [2.24, 2.45) is 0 Å². The Morgan fingerprint density at radius 3 is 2.53 bits per heavy atom. The number of hydrogen-bond acceptors (Lipinski definition) is 3. The number of alkyl halides is 3. The predicted molar refractivity (Wildman–Crippen MR) is 107 cm³/mol. The van der Waals surface area contributed by atoms with Gasteiger partial charge in [-0.3, -0.25) is 4.79 Å². The number of amides is 1. The fourth-order valence-corrected chi connectivity index (χ4v) is 4.51. The van der Waals surface area contributed by atoms with Gasteiger partial charge in [-0.1, -0.05) is 0 Å². The number of carbonyl (C=O) groups is 1. The molecule has 0 fully saturated rings. The van der Waals surface area contributed by atoms with Crippen LogP contribution in [0.4, 0.5) is 37.7 Å². The molecule has 32 heavy (non-hydrogen) atoms. The molecule has 1 amide bonds. The molecule has 2 aromatic carbocycles. The van der Waals surface area contributed by atoms with E-state index in [0.717, 1.165) is 12.1 Å². The van der Waals surface area contributed by atoms with Gasteiger partial charge in [-0.15, -0.1) is 0 Å². The lowest BCUT2D eigenvalue weighted by molar-refractivity contribution is -0.138. The smallest absolute Gasteiger partial charge is 0.382 e. The monoisotopic (exact) mass is 457 g/mol. The lowest BCUT2D eigenvalue weighted by Gasteiger charge is -2.33. The molecular formula is C22H21F6N3O. The van der Waals surface area contributed by atoms with Crippen LogP contribution in [-0.4, -0.2) is 24.5 Å². The largest absolute Gasteiger partial charge is 0.417 e. The third-order valence-corrected chi connectivity index (χ3v) is 5.89. The van der Waals surface area contributed by atoms with E-state index in [1.165, 1.54) is 6.07 Å². The van der Waals surface area contributed by atoms with Crippen molar-refractivity contribution in [1.82, 2.24) is 5.32 Å². The molecule has 10 heteroatoms. The molecule has 0 saturated heterocycles. The van der Waals surface area contributed by atoms with E-state index in [-0.39, 0.29) is 41.9 Å². The van der Waals surface area contributed by atoms with E-state index in [9.17, 15) is 31.1 Å². The van der Waals surface area contributed by atoms with Crippen LogP contribution in [-0.2, 0) is 12.6 Å². The number of fused-ring (bicyclic) bond motifs is 2. The van der Waals surface area contributed by atoms with E-state index >= 15 is 0 Å². The zero-order valence-corrected chi connectivity index (χ0v) is 17.3. The maximum atomic E-state index is 14.1. The van der Waals surface area contributed by atoms with E-state index in [4.69, 9.17) is 0 Å². The summed E-state index contributed by atoms with van der Waals surface area (Å²) >= 11 is 0. The van der Waals surface area contributed by atoms with Crippen molar-refractivity contribution in [2.75, 3.05) is 17.2 Å². The summed E-state index contributed by atoms with van der Waals surface area (Å²) in [7, 11) is 0. The summed E-state index contributed by atoms with van der Waals surface area (Å²) in [6, 6.07) is 2.35. The Balaban J connectivity index is 1.70. The minimum absolute atomic E-state index is 0.106. The van der Waals surface area contributed by atoms with Crippen molar-refractivity contribution < 1.29 is 31.1 Å². The summed E-state index contributed by atoms with van der Waals surface area (Å²) in [6.07, 6.45) is -4.22. The minimum atomic E-state index is -4.71. The Hall–Kier alpha value is -2.91. The van der Waals surface area contributed by atoms with Crippen molar-refractivity contribution in [2.45, 2.75) is 50.9 Å². The maximum absolute atomic E-state index is 14.1. The molecule has 4 rings (SSSR count). The Bertz CT molecular complexity index is 1080. The molecule has 0 spiro atoms. The number of benzene rings is 2. The number of carbonyl (C=O) groups excluding carboxylic acids is 1. The van der Waals surface area contributed by atoms with Gasteiger partial charge in [0.1, 0.15) is 0 Å². The van der Waals surface area contributed by atoms with Gasteiger partial charge in [0.25, 0.3) is 5.91 Å². The lowest BCUT2D eigenvalue weighted by Crippen LogP contribution is -2.36. The second kappa shape index (κ2) is 7.90. The van der Waals surface area contributed by atoms with Crippen molar-refractivity contribution in [3.05, 3.63) is 57.9 Å². The number of nitrogens with one attached hydrogen (secondary N) is 3. The van der Waals surface area contributed by atoms with Gasteiger partial charge in [0, 0.05) is 30.2 Å². The van der Waals surface area contributed by atoms with Crippen LogP contribution in [0.2, 0.25) is 0 Å².